The number of nitrogen functional groups attached to an aromatic ring is 1. The molecule has 3 aromatic rings. The van der Waals surface area contributed by atoms with Crippen molar-refractivity contribution in [2.24, 2.45) is 0 Å². The molecule has 0 aliphatic heterocycles. The zero-order valence-electron chi connectivity index (χ0n) is 10.7. The maximum absolute atomic E-state index is 6.39. The van der Waals surface area contributed by atoms with Gasteiger partial charge in [0.25, 0.3) is 0 Å². The Balaban J connectivity index is 2.28. The van der Waals surface area contributed by atoms with Crippen molar-refractivity contribution in [3.8, 4) is 22.4 Å². The molecule has 0 unspecified atom stereocenters. The van der Waals surface area contributed by atoms with Crippen LogP contribution in [-0.4, -0.2) is 10.2 Å². The number of benzene rings is 2. The van der Waals surface area contributed by atoms with Crippen LogP contribution in [0, 0.1) is 0 Å². The van der Waals surface area contributed by atoms with Gasteiger partial charge < -0.3 is 5.73 Å². The van der Waals surface area contributed by atoms with Crippen molar-refractivity contribution in [3.05, 3.63) is 56.4 Å². The molecule has 0 spiro atoms. The van der Waals surface area contributed by atoms with E-state index in [9.17, 15) is 0 Å². The van der Waals surface area contributed by atoms with Gasteiger partial charge >= 0.3 is 0 Å². The van der Waals surface area contributed by atoms with Gasteiger partial charge in [-0.25, -0.2) is 0 Å². The molecule has 0 saturated heterocycles. The highest BCUT2D eigenvalue weighted by Gasteiger charge is 2.19. The molecule has 3 N–H and O–H groups in total. The number of nitrogens with zero attached hydrogens (tertiary/aromatic N) is 1. The first kappa shape index (κ1) is 14.6. The standard InChI is InChI=1S/C15H10Br2ClN3/c16-10-6-2-1-4-8(10)12-14(20-21-15(12)19)9-5-3-7-11(17)13(9)18/h1-7H,(H3,19,20,21). The van der Waals surface area contributed by atoms with E-state index in [1.807, 2.05) is 42.5 Å². The summed E-state index contributed by atoms with van der Waals surface area (Å²) in [7, 11) is 0. The molecule has 106 valence electrons. The van der Waals surface area contributed by atoms with E-state index in [0.717, 1.165) is 31.3 Å². The molecule has 0 atom stereocenters. The van der Waals surface area contributed by atoms with Gasteiger partial charge in [0.15, 0.2) is 5.82 Å². The monoisotopic (exact) mass is 425 g/mol. The minimum Gasteiger partial charge on any atom is -0.382 e. The SMILES string of the molecule is Nc1n[nH]c(-c2cccc(Br)c2Cl)c1-c1ccccc1Br. The molecular formula is C15H10Br2ClN3. The first-order valence-electron chi connectivity index (χ1n) is 6.12. The molecule has 6 heteroatoms. The van der Waals surface area contributed by atoms with Crippen molar-refractivity contribution >= 4 is 49.3 Å². The quantitative estimate of drug-likeness (QED) is 0.567. The van der Waals surface area contributed by atoms with Gasteiger partial charge in [0.1, 0.15) is 0 Å². The number of anilines is 1. The lowest BCUT2D eigenvalue weighted by Gasteiger charge is -2.09. The first-order valence-corrected chi connectivity index (χ1v) is 8.09. The van der Waals surface area contributed by atoms with Crippen molar-refractivity contribution in [3.63, 3.8) is 0 Å². The Kier molecular flexibility index (Phi) is 4.06. The summed E-state index contributed by atoms with van der Waals surface area (Å²) in [5.41, 5.74) is 9.50. The summed E-state index contributed by atoms with van der Waals surface area (Å²) in [5.74, 6) is 0.438. The molecule has 1 heterocycles. The van der Waals surface area contributed by atoms with Gasteiger partial charge in [0.2, 0.25) is 0 Å². The summed E-state index contributed by atoms with van der Waals surface area (Å²) in [6.07, 6.45) is 0. The summed E-state index contributed by atoms with van der Waals surface area (Å²) in [4.78, 5) is 0. The molecule has 0 saturated carbocycles. The summed E-state index contributed by atoms with van der Waals surface area (Å²) in [6, 6.07) is 13.6. The van der Waals surface area contributed by atoms with Crippen LogP contribution in [0.1, 0.15) is 0 Å². The van der Waals surface area contributed by atoms with Crippen molar-refractivity contribution in [1.29, 1.82) is 0 Å². The molecule has 0 radical (unpaired) electrons. The second-order valence-electron chi connectivity index (χ2n) is 4.44. The molecular weight excluding hydrogens is 417 g/mol. The molecule has 21 heavy (non-hydrogen) atoms. The van der Waals surface area contributed by atoms with E-state index >= 15 is 0 Å². The largest absolute Gasteiger partial charge is 0.382 e. The molecule has 2 aromatic carbocycles. The van der Waals surface area contributed by atoms with Gasteiger partial charge in [0, 0.05) is 20.1 Å². The number of aromatic amines is 1. The van der Waals surface area contributed by atoms with Gasteiger partial charge in [-0.05, 0) is 28.1 Å². The Morgan fingerprint density at radius 3 is 2.38 bits per heavy atom. The van der Waals surface area contributed by atoms with Crippen LogP contribution in [0.25, 0.3) is 22.4 Å². The Labute approximate surface area is 143 Å². The number of hydrogen-bond acceptors (Lipinski definition) is 2. The number of nitrogens with one attached hydrogen (secondary N) is 1. The molecule has 0 amide bonds. The highest BCUT2D eigenvalue weighted by molar-refractivity contribution is 9.11. The van der Waals surface area contributed by atoms with Crippen molar-refractivity contribution in [2.75, 3.05) is 5.73 Å². The van der Waals surface area contributed by atoms with Crippen LogP contribution < -0.4 is 5.73 Å². The molecule has 3 nitrogen and oxygen atoms in total. The molecule has 3 rings (SSSR count). The third-order valence-electron chi connectivity index (χ3n) is 3.16. The van der Waals surface area contributed by atoms with Crippen molar-refractivity contribution < 1.29 is 0 Å². The average Bonchev–Trinajstić information content (AvgIpc) is 2.84. The van der Waals surface area contributed by atoms with Crippen LogP contribution in [-0.2, 0) is 0 Å². The maximum Gasteiger partial charge on any atom is 0.153 e. The third-order valence-corrected chi connectivity index (χ3v) is 5.15. The Morgan fingerprint density at radius 1 is 0.952 bits per heavy atom. The van der Waals surface area contributed by atoms with Gasteiger partial charge in [-0.2, -0.15) is 5.10 Å². The van der Waals surface area contributed by atoms with Crippen molar-refractivity contribution in [1.82, 2.24) is 10.2 Å². The summed E-state index contributed by atoms with van der Waals surface area (Å²) in [5, 5.41) is 7.74. The normalized spacial score (nSPS) is 10.8. The van der Waals surface area contributed by atoms with Crippen LogP contribution in [0.2, 0.25) is 5.02 Å². The summed E-state index contributed by atoms with van der Waals surface area (Å²) >= 11 is 13.4. The van der Waals surface area contributed by atoms with Crippen LogP contribution in [0.4, 0.5) is 5.82 Å². The minimum absolute atomic E-state index is 0.438. The minimum atomic E-state index is 0.438. The summed E-state index contributed by atoms with van der Waals surface area (Å²) in [6.45, 7) is 0. The zero-order chi connectivity index (χ0) is 15.0. The van der Waals surface area contributed by atoms with Gasteiger partial charge in [0.05, 0.1) is 16.3 Å². The molecule has 0 bridgehead atoms. The van der Waals surface area contributed by atoms with Crippen LogP contribution in [0.15, 0.2) is 51.4 Å². The zero-order valence-corrected chi connectivity index (χ0v) is 14.6. The van der Waals surface area contributed by atoms with E-state index in [1.165, 1.54) is 0 Å². The Hall–Kier alpha value is -1.30. The smallest absolute Gasteiger partial charge is 0.153 e. The lowest BCUT2D eigenvalue weighted by atomic mass is 10.0. The van der Waals surface area contributed by atoms with E-state index in [4.69, 9.17) is 17.3 Å². The predicted octanol–water partition coefficient (Wildman–Crippen LogP) is 5.50. The van der Waals surface area contributed by atoms with Gasteiger partial charge in [-0.3, -0.25) is 5.10 Å². The average molecular weight is 428 g/mol. The number of aromatic nitrogens is 2. The van der Waals surface area contributed by atoms with Crippen LogP contribution in [0.5, 0.6) is 0 Å². The first-order chi connectivity index (χ1) is 10.1. The second kappa shape index (κ2) is 5.83. The van der Waals surface area contributed by atoms with E-state index in [1.54, 1.807) is 0 Å². The van der Waals surface area contributed by atoms with Crippen LogP contribution >= 0.6 is 43.5 Å². The highest BCUT2D eigenvalue weighted by atomic mass is 79.9. The topological polar surface area (TPSA) is 54.7 Å². The fourth-order valence-corrected chi connectivity index (χ4v) is 3.25. The molecule has 1 aromatic heterocycles. The third kappa shape index (κ3) is 2.61. The van der Waals surface area contributed by atoms with Gasteiger partial charge in [-0.15, -0.1) is 0 Å². The van der Waals surface area contributed by atoms with E-state index < -0.39 is 0 Å². The fourth-order valence-electron chi connectivity index (χ4n) is 2.18. The number of nitrogens with two attached hydrogens (primary N) is 1. The van der Waals surface area contributed by atoms with Crippen molar-refractivity contribution in [2.45, 2.75) is 0 Å². The lowest BCUT2D eigenvalue weighted by Crippen LogP contribution is -1.90. The maximum atomic E-state index is 6.39. The van der Waals surface area contributed by atoms with Gasteiger partial charge in [-0.1, -0.05) is 57.9 Å². The van der Waals surface area contributed by atoms with E-state index in [0.29, 0.717) is 10.8 Å². The number of rotatable bonds is 2. The number of H-pyrrole nitrogens is 1. The summed E-state index contributed by atoms with van der Waals surface area (Å²) < 4.78 is 1.78. The number of halogens is 3. The second-order valence-corrected chi connectivity index (χ2v) is 6.53. The molecule has 0 aliphatic carbocycles. The number of hydrogen-bond donors (Lipinski definition) is 2. The van der Waals surface area contributed by atoms with E-state index in [-0.39, 0.29) is 0 Å². The highest BCUT2D eigenvalue weighted by Crippen LogP contribution is 2.42. The van der Waals surface area contributed by atoms with Crippen LogP contribution in [0.3, 0.4) is 0 Å². The Morgan fingerprint density at radius 2 is 1.62 bits per heavy atom. The molecule has 0 aliphatic rings. The fraction of sp³-hybridized carbons (Fsp3) is 0. The lowest BCUT2D eigenvalue weighted by molar-refractivity contribution is 1.10. The Bertz CT molecular complexity index is 814. The predicted molar refractivity (Wildman–Crippen MR) is 94.3 cm³/mol. The van der Waals surface area contributed by atoms with E-state index in [2.05, 4.69) is 42.1 Å². The molecule has 0 fully saturated rings.